The van der Waals surface area contributed by atoms with Crippen molar-refractivity contribution in [1.29, 1.82) is 5.26 Å². The predicted octanol–water partition coefficient (Wildman–Crippen LogP) is 3.26. The Kier molecular flexibility index (Phi) is 3.59. The first-order valence-corrected chi connectivity index (χ1v) is 5.55. The normalized spacial score (nSPS) is 9.68. The van der Waals surface area contributed by atoms with Crippen LogP contribution < -0.4 is 5.32 Å². The lowest BCUT2D eigenvalue weighted by Crippen LogP contribution is -1.97. The Labute approximate surface area is 113 Å². The van der Waals surface area contributed by atoms with Crippen LogP contribution in [0.25, 0.3) is 0 Å². The van der Waals surface area contributed by atoms with Gasteiger partial charge in [-0.15, -0.1) is 0 Å². The van der Waals surface area contributed by atoms with E-state index < -0.39 is 4.92 Å². The first kappa shape index (κ1) is 12.8. The number of nitrogens with one attached hydrogen (secondary N) is 1. The van der Waals surface area contributed by atoms with E-state index in [1.54, 1.807) is 12.1 Å². The number of rotatable bonds is 3. The second-order valence-electron chi connectivity index (χ2n) is 3.59. The molecule has 0 spiro atoms. The third-order valence-electron chi connectivity index (χ3n) is 2.31. The van der Waals surface area contributed by atoms with Crippen LogP contribution >= 0.6 is 11.6 Å². The predicted molar refractivity (Wildman–Crippen MR) is 70.3 cm³/mol. The number of hydrogen-bond donors (Lipinski definition) is 1. The van der Waals surface area contributed by atoms with Crippen molar-refractivity contribution < 1.29 is 4.92 Å². The standard InChI is InChI=1S/C12H7ClN4O2/c13-8-1-4-11(12(5-8)17(18)19)16-10-3-2-9(6-14)15-7-10/h1-5,7,16H. The van der Waals surface area contributed by atoms with Crippen molar-refractivity contribution in [2.75, 3.05) is 5.32 Å². The van der Waals surface area contributed by atoms with E-state index in [-0.39, 0.29) is 16.4 Å². The zero-order chi connectivity index (χ0) is 13.8. The summed E-state index contributed by atoms with van der Waals surface area (Å²) in [5.41, 5.74) is 0.998. The van der Waals surface area contributed by atoms with Crippen LogP contribution in [0.2, 0.25) is 5.02 Å². The molecule has 2 aromatic rings. The number of aromatic nitrogens is 1. The summed E-state index contributed by atoms with van der Waals surface area (Å²) in [5.74, 6) is 0. The molecule has 0 unspecified atom stereocenters. The molecular formula is C12H7ClN4O2. The minimum absolute atomic E-state index is 0.128. The van der Waals surface area contributed by atoms with Gasteiger partial charge in [-0.2, -0.15) is 5.26 Å². The molecule has 2 rings (SSSR count). The lowest BCUT2D eigenvalue weighted by Gasteiger charge is -2.06. The topological polar surface area (TPSA) is 91.8 Å². The summed E-state index contributed by atoms with van der Waals surface area (Å²) in [4.78, 5) is 14.3. The second kappa shape index (κ2) is 5.33. The highest BCUT2D eigenvalue weighted by molar-refractivity contribution is 6.30. The van der Waals surface area contributed by atoms with Crippen molar-refractivity contribution >= 4 is 28.7 Å². The fourth-order valence-electron chi connectivity index (χ4n) is 1.45. The number of benzene rings is 1. The van der Waals surface area contributed by atoms with Gasteiger partial charge in [0, 0.05) is 11.1 Å². The van der Waals surface area contributed by atoms with Gasteiger partial charge in [-0.3, -0.25) is 10.1 Å². The monoisotopic (exact) mass is 274 g/mol. The summed E-state index contributed by atoms with van der Waals surface area (Å²) in [7, 11) is 0. The van der Waals surface area contributed by atoms with Crippen LogP contribution in [0.5, 0.6) is 0 Å². The van der Waals surface area contributed by atoms with Crippen molar-refractivity contribution in [1.82, 2.24) is 4.98 Å². The molecule has 0 radical (unpaired) electrons. The molecule has 0 aliphatic heterocycles. The fraction of sp³-hybridized carbons (Fsp3) is 0. The van der Waals surface area contributed by atoms with Crippen LogP contribution in [0.4, 0.5) is 17.1 Å². The third kappa shape index (κ3) is 2.97. The summed E-state index contributed by atoms with van der Waals surface area (Å²) < 4.78 is 0. The van der Waals surface area contributed by atoms with E-state index in [0.29, 0.717) is 11.4 Å². The van der Waals surface area contributed by atoms with Crippen LogP contribution in [-0.4, -0.2) is 9.91 Å². The average Bonchev–Trinajstić information content (AvgIpc) is 2.41. The molecular weight excluding hydrogens is 268 g/mol. The van der Waals surface area contributed by atoms with Crippen LogP contribution in [0.1, 0.15) is 5.69 Å². The average molecular weight is 275 g/mol. The highest BCUT2D eigenvalue weighted by Gasteiger charge is 2.14. The van der Waals surface area contributed by atoms with E-state index in [9.17, 15) is 10.1 Å². The van der Waals surface area contributed by atoms with Gasteiger partial charge in [0.25, 0.3) is 5.69 Å². The number of nitrogens with zero attached hydrogens (tertiary/aromatic N) is 3. The van der Waals surface area contributed by atoms with Crippen LogP contribution in [0.3, 0.4) is 0 Å². The van der Waals surface area contributed by atoms with Gasteiger partial charge in [-0.25, -0.2) is 4.98 Å². The molecule has 1 N–H and O–H groups in total. The molecule has 1 aromatic heterocycles. The van der Waals surface area contributed by atoms with E-state index >= 15 is 0 Å². The van der Waals surface area contributed by atoms with E-state index in [4.69, 9.17) is 16.9 Å². The number of nitro groups is 1. The number of hydrogen-bond acceptors (Lipinski definition) is 5. The maximum Gasteiger partial charge on any atom is 0.294 e. The lowest BCUT2D eigenvalue weighted by atomic mass is 10.2. The Morgan fingerprint density at radius 1 is 1.37 bits per heavy atom. The molecule has 1 aromatic carbocycles. The van der Waals surface area contributed by atoms with Gasteiger partial charge in [0.05, 0.1) is 16.8 Å². The Morgan fingerprint density at radius 2 is 2.16 bits per heavy atom. The SMILES string of the molecule is N#Cc1ccc(Nc2ccc(Cl)cc2[N+](=O)[O-])cn1. The summed E-state index contributed by atoms with van der Waals surface area (Å²) in [6.07, 6.45) is 1.43. The van der Waals surface area contributed by atoms with Gasteiger partial charge >= 0.3 is 0 Å². The quantitative estimate of drug-likeness (QED) is 0.685. The van der Waals surface area contributed by atoms with Crippen molar-refractivity contribution in [2.45, 2.75) is 0 Å². The van der Waals surface area contributed by atoms with Gasteiger partial charge in [0.2, 0.25) is 0 Å². The number of halogens is 1. The van der Waals surface area contributed by atoms with E-state index in [1.807, 2.05) is 6.07 Å². The molecule has 1 heterocycles. The Hall–Kier alpha value is -2.65. The van der Waals surface area contributed by atoms with Crippen LogP contribution in [0, 0.1) is 21.4 Å². The molecule has 94 valence electrons. The minimum atomic E-state index is -0.523. The van der Waals surface area contributed by atoms with E-state index in [2.05, 4.69) is 10.3 Å². The first-order chi connectivity index (χ1) is 9.10. The van der Waals surface area contributed by atoms with Crippen molar-refractivity contribution in [2.24, 2.45) is 0 Å². The molecule has 0 saturated carbocycles. The maximum atomic E-state index is 10.9. The molecule has 0 bridgehead atoms. The highest BCUT2D eigenvalue weighted by atomic mass is 35.5. The van der Waals surface area contributed by atoms with Gasteiger partial charge < -0.3 is 5.32 Å². The van der Waals surface area contributed by atoms with Crippen LogP contribution in [0.15, 0.2) is 36.5 Å². The second-order valence-corrected chi connectivity index (χ2v) is 4.02. The zero-order valence-electron chi connectivity index (χ0n) is 9.50. The van der Waals surface area contributed by atoms with Gasteiger partial charge in [0.15, 0.2) is 0 Å². The summed E-state index contributed by atoms with van der Waals surface area (Å²) in [6, 6.07) is 9.35. The molecule has 0 aliphatic carbocycles. The number of anilines is 2. The van der Waals surface area contributed by atoms with Crippen LogP contribution in [-0.2, 0) is 0 Å². The Balaban J connectivity index is 2.32. The summed E-state index contributed by atoms with van der Waals surface area (Å²) in [6.45, 7) is 0. The minimum Gasteiger partial charge on any atom is -0.349 e. The van der Waals surface area contributed by atoms with Crippen molar-refractivity contribution in [3.05, 3.63) is 57.4 Å². The molecule has 6 nitrogen and oxygen atoms in total. The number of nitriles is 1. The summed E-state index contributed by atoms with van der Waals surface area (Å²) >= 11 is 5.72. The lowest BCUT2D eigenvalue weighted by molar-refractivity contribution is -0.383. The van der Waals surface area contributed by atoms with E-state index in [1.165, 1.54) is 24.4 Å². The van der Waals surface area contributed by atoms with Gasteiger partial charge in [0.1, 0.15) is 17.5 Å². The number of pyridine rings is 1. The smallest absolute Gasteiger partial charge is 0.294 e. The highest BCUT2D eigenvalue weighted by Crippen LogP contribution is 2.30. The van der Waals surface area contributed by atoms with Gasteiger partial charge in [-0.1, -0.05) is 11.6 Å². The zero-order valence-corrected chi connectivity index (χ0v) is 10.3. The maximum absolute atomic E-state index is 10.9. The Morgan fingerprint density at radius 3 is 2.74 bits per heavy atom. The molecule has 0 saturated heterocycles. The molecule has 0 aliphatic rings. The number of nitro benzene ring substituents is 1. The molecule has 0 atom stereocenters. The van der Waals surface area contributed by atoms with Crippen molar-refractivity contribution in [3.8, 4) is 6.07 Å². The fourth-order valence-corrected chi connectivity index (χ4v) is 1.62. The summed E-state index contributed by atoms with van der Waals surface area (Å²) in [5, 5.41) is 22.7. The molecule has 7 heteroatoms. The van der Waals surface area contributed by atoms with Crippen molar-refractivity contribution in [3.63, 3.8) is 0 Å². The molecule has 19 heavy (non-hydrogen) atoms. The first-order valence-electron chi connectivity index (χ1n) is 5.17. The third-order valence-corrected chi connectivity index (χ3v) is 2.55. The van der Waals surface area contributed by atoms with E-state index in [0.717, 1.165) is 0 Å². The Bertz CT molecular complexity index is 664. The van der Waals surface area contributed by atoms with Gasteiger partial charge in [-0.05, 0) is 24.3 Å². The molecule has 0 amide bonds. The largest absolute Gasteiger partial charge is 0.349 e. The molecule has 0 fully saturated rings.